The summed E-state index contributed by atoms with van der Waals surface area (Å²) in [4.78, 5) is 10.4. The van der Waals surface area contributed by atoms with Crippen LogP contribution < -0.4 is 5.32 Å². The molecule has 0 atom stereocenters. The lowest BCUT2D eigenvalue weighted by Crippen LogP contribution is -2.22. The molecular weight excluding hydrogens is 170 g/mol. The summed E-state index contributed by atoms with van der Waals surface area (Å²) in [5.74, 6) is 0.600. The van der Waals surface area contributed by atoms with Gasteiger partial charge in [0, 0.05) is 0 Å². The predicted octanol–water partition coefficient (Wildman–Crippen LogP) is 0.552. The topological polar surface area (TPSA) is 62.5 Å². The average molecular weight is 181 g/mol. The minimum Gasteiger partial charge on any atom is -0.481 e. The molecule has 0 amide bonds. The summed E-state index contributed by atoms with van der Waals surface area (Å²) in [5, 5.41) is 11.7. The number of fused-ring (bicyclic) bond motifs is 1. The third-order valence-corrected chi connectivity index (χ3v) is 2.13. The van der Waals surface area contributed by atoms with Crippen molar-refractivity contribution in [2.24, 2.45) is 0 Å². The van der Waals surface area contributed by atoms with Gasteiger partial charge in [0.05, 0.1) is 6.54 Å². The molecule has 4 nitrogen and oxygen atoms in total. The van der Waals surface area contributed by atoms with Crippen LogP contribution >= 0.6 is 0 Å². The zero-order chi connectivity index (χ0) is 9.26. The van der Waals surface area contributed by atoms with E-state index in [0.29, 0.717) is 5.76 Å². The molecular formula is C9H11NO3. The Morgan fingerprint density at radius 2 is 2.54 bits per heavy atom. The molecule has 0 aromatic carbocycles. The highest BCUT2D eigenvalue weighted by Crippen LogP contribution is 2.19. The molecule has 0 unspecified atom stereocenters. The van der Waals surface area contributed by atoms with Gasteiger partial charge in [0.1, 0.15) is 17.9 Å². The maximum absolute atomic E-state index is 10.4. The molecule has 2 N–H and O–H groups in total. The van der Waals surface area contributed by atoms with Crippen molar-refractivity contribution in [3.8, 4) is 0 Å². The van der Waals surface area contributed by atoms with Gasteiger partial charge in [0.2, 0.25) is 0 Å². The van der Waals surface area contributed by atoms with E-state index < -0.39 is 5.97 Å². The monoisotopic (exact) mass is 181 g/mol. The first-order chi connectivity index (χ1) is 6.25. The standard InChI is InChI=1S/C9H11NO3/c11-9(12)4-7-3-6-1-2-10-5-8(6)13-7/h3,10H,1-2,4-5H2,(H,11,12). The van der Waals surface area contributed by atoms with Gasteiger partial charge in [0.15, 0.2) is 0 Å². The SMILES string of the molecule is O=C(O)Cc1cc2c(o1)CNCC2. The lowest BCUT2D eigenvalue weighted by molar-refractivity contribution is -0.136. The molecule has 0 radical (unpaired) electrons. The lowest BCUT2D eigenvalue weighted by atomic mass is 10.1. The van der Waals surface area contributed by atoms with E-state index in [2.05, 4.69) is 5.32 Å². The molecule has 2 heterocycles. The van der Waals surface area contributed by atoms with E-state index in [1.165, 1.54) is 0 Å². The maximum atomic E-state index is 10.4. The molecule has 0 saturated heterocycles. The molecule has 1 aromatic heterocycles. The lowest BCUT2D eigenvalue weighted by Gasteiger charge is -2.09. The summed E-state index contributed by atoms with van der Waals surface area (Å²) in [6.45, 7) is 1.66. The van der Waals surface area contributed by atoms with Gasteiger partial charge >= 0.3 is 5.97 Å². The minimum atomic E-state index is -0.848. The Bertz CT molecular complexity index is 306. The number of carboxylic acid groups (broad SMARTS) is 1. The number of hydrogen-bond acceptors (Lipinski definition) is 3. The van der Waals surface area contributed by atoms with Gasteiger partial charge in [0.25, 0.3) is 0 Å². The summed E-state index contributed by atoms with van der Waals surface area (Å²) >= 11 is 0. The summed E-state index contributed by atoms with van der Waals surface area (Å²) in [6, 6.07) is 1.85. The van der Waals surface area contributed by atoms with Crippen molar-refractivity contribution in [1.29, 1.82) is 0 Å². The van der Waals surface area contributed by atoms with Crippen molar-refractivity contribution in [1.82, 2.24) is 5.32 Å². The molecule has 0 bridgehead atoms. The zero-order valence-electron chi connectivity index (χ0n) is 7.17. The van der Waals surface area contributed by atoms with Crippen molar-refractivity contribution in [2.45, 2.75) is 19.4 Å². The normalized spacial score (nSPS) is 15.4. The first kappa shape index (κ1) is 8.31. The first-order valence-electron chi connectivity index (χ1n) is 4.28. The van der Waals surface area contributed by atoms with Crippen LogP contribution in [-0.2, 0) is 24.2 Å². The number of carbonyl (C=O) groups is 1. The van der Waals surface area contributed by atoms with Crippen LogP contribution in [0.15, 0.2) is 10.5 Å². The van der Waals surface area contributed by atoms with E-state index in [1.807, 2.05) is 6.07 Å². The van der Waals surface area contributed by atoms with E-state index in [0.717, 1.165) is 30.8 Å². The Morgan fingerprint density at radius 1 is 1.69 bits per heavy atom. The first-order valence-corrected chi connectivity index (χ1v) is 4.28. The summed E-state index contributed by atoms with van der Waals surface area (Å²) < 4.78 is 5.37. The fourth-order valence-electron chi connectivity index (χ4n) is 1.55. The summed E-state index contributed by atoms with van der Waals surface area (Å²) in [6.07, 6.45) is 0.908. The molecule has 0 spiro atoms. The van der Waals surface area contributed by atoms with Gasteiger partial charge in [-0.15, -0.1) is 0 Å². The van der Waals surface area contributed by atoms with Gasteiger partial charge < -0.3 is 14.8 Å². The van der Waals surface area contributed by atoms with Crippen LogP contribution in [0.3, 0.4) is 0 Å². The molecule has 0 fully saturated rings. The quantitative estimate of drug-likeness (QED) is 0.699. The number of carboxylic acids is 1. The van der Waals surface area contributed by atoms with Crippen molar-refractivity contribution in [3.05, 3.63) is 23.2 Å². The fourth-order valence-corrected chi connectivity index (χ4v) is 1.55. The highest BCUT2D eigenvalue weighted by atomic mass is 16.4. The van der Waals surface area contributed by atoms with E-state index >= 15 is 0 Å². The smallest absolute Gasteiger partial charge is 0.311 e. The Morgan fingerprint density at radius 3 is 3.23 bits per heavy atom. The third-order valence-electron chi connectivity index (χ3n) is 2.13. The predicted molar refractivity (Wildman–Crippen MR) is 45.5 cm³/mol. The third kappa shape index (κ3) is 1.72. The second-order valence-corrected chi connectivity index (χ2v) is 3.16. The van der Waals surface area contributed by atoms with Gasteiger partial charge in [-0.2, -0.15) is 0 Å². The van der Waals surface area contributed by atoms with Crippen molar-refractivity contribution in [3.63, 3.8) is 0 Å². The Balaban J connectivity index is 2.20. The molecule has 0 aliphatic carbocycles. The maximum Gasteiger partial charge on any atom is 0.311 e. The van der Waals surface area contributed by atoms with E-state index in [-0.39, 0.29) is 6.42 Å². The number of aliphatic carboxylic acids is 1. The largest absolute Gasteiger partial charge is 0.481 e. The Labute approximate surface area is 75.6 Å². The van der Waals surface area contributed by atoms with Crippen molar-refractivity contribution in [2.75, 3.05) is 6.54 Å². The number of hydrogen-bond donors (Lipinski definition) is 2. The second kappa shape index (κ2) is 3.22. The average Bonchev–Trinajstić information content (AvgIpc) is 2.44. The molecule has 1 aliphatic rings. The van der Waals surface area contributed by atoms with Crippen LogP contribution in [0, 0.1) is 0 Å². The molecule has 1 aliphatic heterocycles. The highest BCUT2D eigenvalue weighted by molar-refractivity contribution is 5.69. The molecule has 70 valence electrons. The van der Waals surface area contributed by atoms with Crippen molar-refractivity contribution >= 4 is 5.97 Å². The van der Waals surface area contributed by atoms with Crippen LogP contribution in [0.25, 0.3) is 0 Å². The van der Waals surface area contributed by atoms with Crippen LogP contribution in [0.2, 0.25) is 0 Å². The van der Waals surface area contributed by atoms with Crippen LogP contribution in [0.4, 0.5) is 0 Å². The summed E-state index contributed by atoms with van der Waals surface area (Å²) in [7, 11) is 0. The second-order valence-electron chi connectivity index (χ2n) is 3.16. The van der Waals surface area contributed by atoms with Gasteiger partial charge in [-0.25, -0.2) is 0 Å². The number of nitrogens with one attached hydrogen (secondary N) is 1. The van der Waals surface area contributed by atoms with Gasteiger partial charge in [-0.05, 0) is 24.6 Å². The molecule has 0 saturated carbocycles. The Kier molecular flexibility index (Phi) is 2.06. The van der Waals surface area contributed by atoms with E-state index in [4.69, 9.17) is 9.52 Å². The van der Waals surface area contributed by atoms with Gasteiger partial charge in [-0.1, -0.05) is 0 Å². The highest BCUT2D eigenvalue weighted by Gasteiger charge is 2.15. The molecule has 13 heavy (non-hydrogen) atoms. The van der Waals surface area contributed by atoms with Crippen LogP contribution in [0.1, 0.15) is 17.1 Å². The summed E-state index contributed by atoms with van der Waals surface area (Å²) in [5.41, 5.74) is 1.15. The van der Waals surface area contributed by atoms with Crippen molar-refractivity contribution < 1.29 is 14.3 Å². The number of furan rings is 1. The fraction of sp³-hybridized carbons (Fsp3) is 0.444. The molecule has 4 heteroatoms. The van der Waals surface area contributed by atoms with E-state index in [1.54, 1.807) is 0 Å². The molecule has 1 aromatic rings. The van der Waals surface area contributed by atoms with Crippen LogP contribution in [-0.4, -0.2) is 17.6 Å². The minimum absolute atomic E-state index is 0.0208. The van der Waals surface area contributed by atoms with E-state index in [9.17, 15) is 4.79 Å². The van der Waals surface area contributed by atoms with Crippen LogP contribution in [0.5, 0.6) is 0 Å². The number of rotatable bonds is 2. The zero-order valence-corrected chi connectivity index (χ0v) is 7.17. The Hall–Kier alpha value is -1.29. The molecule has 2 rings (SSSR count). The van der Waals surface area contributed by atoms with Gasteiger partial charge in [-0.3, -0.25) is 4.79 Å².